The Morgan fingerprint density at radius 3 is 2.71 bits per heavy atom. The normalized spacial score (nSPS) is 9.43. The van der Waals surface area contributed by atoms with Crippen molar-refractivity contribution in [3.63, 3.8) is 0 Å². The van der Waals surface area contributed by atoms with Gasteiger partial charge < -0.3 is 4.74 Å². The number of hydrogen-bond donors (Lipinski definition) is 0. The average molecular weight is 120 g/mol. The Balaban J connectivity index is 2.45. The van der Waals surface area contributed by atoms with Crippen LogP contribution < -0.4 is 0 Å². The van der Waals surface area contributed by atoms with Crippen molar-refractivity contribution in [3.05, 3.63) is 0 Å². The van der Waals surface area contributed by atoms with Gasteiger partial charge in [0.1, 0.15) is 0 Å². The molecule has 0 aromatic carbocycles. The molecule has 0 bridgehead atoms. The first kappa shape index (κ1) is 7.31. The van der Waals surface area contributed by atoms with Crippen LogP contribution in [0.5, 0.6) is 0 Å². The highest BCUT2D eigenvalue weighted by Gasteiger charge is 1.77. The number of ether oxygens (including phenoxy) is 1. The Labute approximate surface area is 49.4 Å². The molecule has 0 aromatic rings. The number of thioether (sulfide) groups is 1. The van der Waals surface area contributed by atoms with Crippen molar-refractivity contribution in [1.82, 2.24) is 0 Å². The van der Waals surface area contributed by atoms with Crippen LogP contribution in [0.2, 0.25) is 0 Å². The van der Waals surface area contributed by atoms with E-state index < -0.39 is 0 Å². The minimum Gasteiger partial charge on any atom is -0.371 e. The fraction of sp³-hybridized carbons (Fsp3) is 1.00. The highest BCUT2D eigenvalue weighted by Crippen LogP contribution is 1.91. The van der Waals surface area contributed by atoms with Crippen molar-refractivity contribution in [2.24, 2.45) is 0 Å². The minimum atomic E-state index is 0.841. The molecule has 0 aromatic heterocycles. The lowest BCUT2D eigenvalue weighted by Gasteiger charge is -1.95. The molecule has 0 amide bonds. The molecular weight excluding hydrogens is 108 g/mol. The quantitative estimate of drug-likeness (QED) is 0.413. The van der Waals surface area contributed by atoms with E-state index in [4.69, 9.17) is 4.74 Å². The lowest BCUT2D eigenvalue weighted by molar-refractivity contribution is 0.184. The molecule has 0 spiro atoms. The maximum atomic E-state index is 5.09. The predicted molar refractivity (Wildman–Crippen MR) is 34.6 cm³/mol. The van der Waals surface area contributed by atoms with Gasteiger partial charge in [0.2, 0.25) is 0 Å². The third-order valence-electron chi connectivity index (χ3n) is 0.550. The first-order valence-electron chi connectivity index (χ1n) is 2.48. The fourth-order valence-corrected chi connectivity index (χ4v) is 0.571. The molecule has 0 aliphatic heterocycles. The van der Waals surface area contributed by atoms with Crippen molar-refractivity contribution in [1.29, 1.82) is 0 Å². The van der Waals surface area contributed by atoms with Crippen LogP contribution in [0.25, 0.3) is 0 Å². The van der Waals surface area contributed by atoms with Gasteiger partial charge in [-0.1, -0.05) is 6.92 Å². The van der Waals surface area contributed by atoms with Crippen LogP contribution >= 0.6 is 11.8 Å². The Hall–Kier alpha value is 0.310. The van der Waals surface area contributed by atoms with Gasteiger partial charge in [0.05, 0.1) is 5.94 Å². The van der Waals surface area contributed by atoms with E-state index in [1.807, 2.05) is 6.26 Å². The molecule has 0 heterocycles. The fourth-order valence-electron chi connectivity index (χ4n) is 0.287. The number of rotatable bonds is 4. The van der Waals surface area contributed by atoms with E-state index in [-0.39, 0.29) is 0 Å². The standard InChI is InChI=1S/C5H12OS/c1-3-4-6-5-7-2/h3-5H2,1-2H3. The molecule has 0 aliphatic carbocycles. The summed E-state index contributed by atoms with van der Waals surface area (Å²) in [6, 6.07) is 0. The van der Waals surface area contributed by atoms with Crippen LogP contribution in [0.1, 0.15) is 13.3 Å². The maximum Gasteiger partial charge on any atom is 0.0918 e. The van der Waals surface area contributed by atoms with E-state index in [9.17, 15) is 0 Å². The van der Waals surface area contributed by atoms with Gasteiger partial charge in [-0.3, -0.25) is 0 Å². The van der Waals surface area contributed by atoms with E-state index >= 15 is 0 Å². The first-order chi connectivity index (χ1) is 3.41. The number of hydrogen-bond acceptors (Lipinski definition) is 2. The molecule has 0 fully saturated rings. The van der Waals surface area contributed by atoms with Gasteiger partial charge in [0.25, 0.3) is 0 Å². The topological polar surface area (TPSA) is 9.23 Å². The highest BCUT2D eigenvalue weighted by atomic mass is 32.2. The SMILES string of the molecule is CCCOCSC. The zero-order valence-corrected chi connectivity index (χ0v) is 5.75. The molecule has 44 valence electrons. The summed E-state index contributed by atoms with van der Waals surface area (Å²) in [7, 11) is 0. The summed E-state index contributed by atoms with van der Waals surface area (Å²) in [4.78, 5) is 0. The van der Waals surface area contributed by atoms with Gasteiger partial charge in [0.15, 0.2) is 0 Å². The summed E-state index contributed by atoms with van der Waals surface area (Å²) in [5, 5.41) is 0. The molecule has 0 atom stereocenters. The van der Waals surface area contributed by atoms with Crippen LogP contribution in [0.15, 0.2) is 0 Å². The lowest BCUT2D eigenvalue weighted by Crippen LogP contribution is -1.89. The van der Waals surface area contributed by atoms with E-state index in [0.717, 1.165) is 19.0 Å². The molecule has 7 heavy (non-hydrogen) atoms. The van der Waals surface area contributed by atoms with Crippen LogP contribution in [0, 0.1) is 0 Å². The minimum absolute atomic E-state index is 0.841. The summed E-state index contributed by atoms with van der Waals surface area (Å²) in [6.07, 6.45) is 3.16. The van der Waals surface area contributed by atoms with Crippen molar-refractivity contribution >= 4 is 11.8 Å². The van der Waals surface area contributed by atoms with Crippen LogP contribution in [-0.4, -0.2) is 18.8 Å². The van der Waals surface area contributed by atoms with Crippen molar-refractivity contribution in [2.75, 3.05) is 18.8 Å². The second-order valence-corrected chi connectivity index (χ2v) is 2.13. The molecule has 0 unspecified atom stereocenters. The van der Waals surface area contributed by atoms with E-state index in [2.05, 4.69) is 6.92 Å². The van der Waals surface area contributed by atoms with Crippen molar-refractivity contribution in [3.8, 4) is 0 Å². The summed E-state index contributed by atoms with van der Waals surface area (Å²) in [6.45, 7) is 3.02. The second kappa shape index (κ2) is 6.31. The Morgan fingerprint density at radius 2 is 2.29 bits per heavy atom. The van der Waals surface area contributed by atoms with Gasteiger partial charge in [-0.05, 0) is 12.7 Å². The zero-order valence-electron chi connectivity index (χ0n) is 4.94. The molecule has 0 aliphatic rings. The monoisotopic (exact) mass is 120 g/mol. The Morgan fingerprint density at radius 1 is 1.57 bits per heavy atom. The Bertz CT molecular complexity index is 27.3. The third kappa shape index (κ3) is 6.31. The first-order valence-corrected chi connectivity index (χ1v) is 3.88. The summed E-state index contributed by atoms with van der Waals surface area (Å²) >= 11 is 1.72. The molecule has 0 saturated heterocycles. The molecule has 0 radical (unpaired) electrons. The summed E-state index contributed by atoms with van der Waals surface area (Å²) in [5.41, 5.74) is 0. The highest BCUT2D eigenvalue weighted by molar-refractivity contribution is 7.98. The molecular formula is C5H12OS. The molecule has 0 rings (SSSR count). The second-order valence-electron chi connectivity index (χ2n) is 1.31. The van der Waals surface area contributed by atoms with Gasteiger partial charge >= 0.3 is 0 Å². The smallest absolute Gasteiger partial charge is 0.0918 e. The van der Waals surface area contributed by atoms with E-state index in [1.165, 1.54) is 0 Å². The van der Waals surface area contributed by atoms with Crippen molar-refractivity contribution < 1.29 is 4.74 Å². The van der Waals surface area contributed by atoms with Crippen molar-refractivity contribution in [2.45, 2.75) is 13.3 Å². The van der Waals surface area contributed by atoms with Gasteiger partial charge in [-0.2, -0.15) is 0 Å². The van der Waals surface area contributed by atoms with Crippen LogP contribution in [0.3, 0.4) is 0 Å². The summed E-state index contributed by atoms with van der Waals surface area (Å²) < 4.78 is 5.09. The molecule has 2 heteroatoms. The van der Waals surface area contributed by atoms with Gasteiger partial charge in [-0.15, -0.1) is 11.8 Å². The average Bonchev–Trinajstić information content (AvgIpc) is 1.69. The molecule has 1 nitrogen and oxygen atoms in total. The predicted octanol–water partition coefficient (Wildman–Crippen LogP) is 1.73. The van der Waals surface area contributed by atoms with Gasteiger partial charge in [-0.25, -0.2) is 0 Å². The summed E-state index contributed by atoms with van der Waals surface area (Å²) in [5.74, 6) is 0.841. The molecule has 0 N–H and O–H groups in total. The Kier molecular flexibility index (Phi) is 6.59. The largest absolute Gasteiger partial charge is 0.371 e. The van der Waals surface area contributed by atoms with Crippen LogP contribution in [0.4, 0.5) is 0 Å². The van der Waals surface area contributed by atoms with E-state index in [0.29, 0.717) is 0 Å². The third-order valence-corrected chi connectivity index (χ3v) is 0.952. The van der Waals surface area contributed by atoms with Crippen LogP contribution in [-0.2, 0) is 4.74 Å². The van der Waals surface area contributed by atoms with Gasteiger partial charge in [0, 0.05) is 6.61 Å². The van der Waals surface area contributed by atoms with E-state index in [1.54, 1.807) is 11.8 Å². The lowest BCUT2D eigenvalue weighted by atomic mass is 10.5. The molecule has 0 saturated carbocycles. The maximum absolute atomic E-state index is 5.09. The zero-order chi connectivity index (χ0) is 5.54.